The molecule has 0 unspecified atom stereocenters. The third kappa shape index (κ3) is 13.4. The molecule has 1 aliphatic rings. The van der Waals surface area contributed by atoms with Gasteiger partial charge in [0.2, 0.25) is 0 Å². The fraction of sp³-hybridized carbons (Fsp3) is 0.773. The Balaban J connectivity index is 1.73. The van der Waals surface area contributed by atoms with Gasteiger partial charge in [-0.3, -0.25) is 4.99 Å². The molecule has 2 nitrogen and oxygen atoms in total. The largest absolute Gasteiger partial charge is 0.358 e. The van der Waals surface area contributed by atoms with Gasteiger partial charge in [-0.1, -0.05) is 76.9 Å². The normalized spacial score (nSPS) is 14.1. The highest BCUT2D eigenvalue weighted by Crippen LogP contribution is 2.10. The van der Waals surface area contributed by atoms with Crippen LogP contribution in [0.15, 0.2) is 29.4 Å². The van der Waals surface area contributed by atoms with E-state index in [2.05, 4.69) is 35.2 Å². The number of rotatable bonds is 16. The summed E-state index contributed by atoms with van der Waals surface area (Å²) in [7, 11) is 0. The van der Waals surface area contributed by atoms with Crippen molar-refractivity contribution in [3.8, 4) is 0 Å². The molecule has 0 saturated heterocycles. The Hall–Kier alpha value is -1.05. The van der Waals surface area contributed by atoms with Crippen LogP contribution in [-0.4, -0.2) is 24.3 Å². The van der Waals surface area contributed by atoms with E-state index in [0.29, 0.717) is 0 Å². The molecule has 0 aliphatic carbocycles. The summed E-state index contributed by atoms with van der Waals surface area (Å²) in [6.45, 7) is 4.29. The number of nitrogens with zero attached hydrogens (tertiary/aromatic N) is 2. The lowest BCUT2D eigenvalue weighted by atomic mass is 10.1. The van der Waals surface area contributed by atoms with Gasteiger partial charge in [0.25, 0.3) is 0 Å². The van der Waals surface area contributed by atoms with Crippen molar-refractivity contribution < 1.29 is 0 Å². The molecule has 1 rings (SSSR count). The van der Waals surface area contributed by atoms with Gasteiger partial charge in [0.1, 0.15) is 6.67 Å². The molecule has 0 radical (unpaired) electrons. The van der Waals surface area contributed by atoms with Crippen molar-refractivity contribution in [1.82, 2.24) is 4.90 Å². The number of unbranched alkanes of at least 4 members (excludes halogenated alkanes) is 12. The first kappa shape index (κ1) is 21.0. The van der Waals surface area contributed by atoms with E-state index >= 15 is 0 Å². The molecule has 0 fully saturated rings. The van der Waals surface area contributed by atoms with Crippen molar-refractivity contribution in [1.29, 1.82) is 0 Å². The van der Waals surface area contributed by atoms with E-state index in [-0.39, 0.29) is 0 Å². The number of aliphatic imine (C=N–C) groups is 1. The number of allylic oxidation sites excluding steroid dienone is 3. The van der Waals surface area contributed by atoms with Gasteiger partial charge >= 0.3 is 0 Å². The third-order valence-electron chi connectivity index (χ3n) is 4.71. The summed E-state index contributed by atoms with van der Waals surface area (Å²) in [6.07, 6.45) is 30.1. The summed E-state index contributed by atoms with van der Waals surface area (Å²) >= 11 is 0. The van der Waals surface area contributed by atoms with Crippen molar-refractivity contribution in [2.45, 2.75) is 96.8 Å². The summed E-state index contributed by atoms with van der Waals surface area (Å²) < 4.78 is 0. The zero-order valence-corrected chi connectivity index (χ0v) is 16.1. The smallest absolute Gasteiger partial charge is 0.109 e. The Morgan fingerprint density at radius 2 is 1.38 bits per heavy atom. The van der Waals surface area contributed by atoms with Crippen molar-refractivity contribution in [3.63, 3.8) is 0 Å². The minimum atomic E-state index is 0.849. The van der Waals surface area contributed by atoms with Crippen LogP contribution >= 0.6 is 0 Å². The maximum atomic E-state index is 4.26. The lowest BCUT2D eigenvalue weighted by molar-refractivity contribution is 0.370. The summed E-state index contributed by atoms with van der Waals surface area (Å²) in [5, 5.41) is 0. The molecule has 1 heterocycles. The topological polar surface area (TPSA) is 15.6 Å². The van der Waals surface area contributed by atoms with Gasteiger partial charge in [0.05, 0.1) is 0 Å². The van der Waals surface area contributed by atoms with Gasteiger partial charge in [0.15, 0.2) is 0 Å². The molecule has 0 bridgehead atoms. The van der Waals surface area contributed by atoms with Crippen LogP contribution in [0, 0.1) is 0 Å². The Morgan fingerprint density at radius 1 is 0.792 bits per heavy atom. The van der Waals surface area contributed by atoms with E-state index in [1.807, 2.05) is 12.3 Å². The summed E-state index contributed by atoms with van der Waals surface area (Å²) in [5.41, 5.74) is 0. The quantitative estimate of drug-likeness (QED) is 0.222. The average molecular weight is 333 g/mol. The fourth-order valence-corrected chi connectivity index (χ4v) is 3.13. The van der Waals surface area contributed by atoms with Crippen LogP contribution in [0.2, 0.25) is 0 Å². The Morgan fingerprint density at radius 3 is 1.96 bits per heavy atom. The molecule has 0 aromatic heterocycles. The Kier molecular flexibility index (Phi) is 14.7. The average Bonchev–Trinajstić information content (AvgIpc) is 2.62. The number of hydrogen-bond donors (Lipinski definition) is 0. The predicted molar refractivity (Wildman–Crippen MR) is 109 cm³/mol. The van der Waals surface area contributed by atoms with E-state index in [9.17, 15) is 0 Å². The molecule has 0 aromatic carbocycles. The monoisotopic (exact) mass is 332 g/mol. The second-order valence-corrected chi connectivity index (χ2v) is 7.06. The maximum absolute atomic E-state index is 4.26. The lowest BCUT2D eigenvalue weighted by Crippen LogP contribution is -2.20. The minimum absolute atomic E-state index is 0.849. The molecule has 0 atom stereocenters. The molecule has 0 saturated carbocycles. The highest BCUT2D eigenvalue weighted by Gasteiger charge is 1.99. The summed E-state index contributed by atoms with van der Waals surface area (Å²) in [5.74, 6) is 0. The van der Waals surface area contributed by atoms with E-state index < -0.39 is 0 Å². The minimum Gasteiger partial charge on any atom is -0.358 e. The SMILES string of the molecule is CCCCCCCC/C=C\CCCCCCCCN1C=CC=NC1. The van der Waals surface area contributed by atoms with E-state index in [0.717, 1.165) is 13.2 Å². The molecule has 0 spiro atoms. The van der Waals surface area contributed by atoms with Gasteiger partial charge < -0.3 is 4.90 Å². The summed E-state index contributed by atoms with van der Waals surface area (Å²) in [6, 6.07) is 0. The zero-order chi connectivity index (χ0) is 17.1. The highest BCUT2D eigenvalue weighted by atomic mass is 15.2. The van der Waals surface area contributed by atoms with E-state index in [1.54, 1.807) is 0 Å². The predicted octanol–water partition coefficient (Wildman–Crippen LogP) is 6.88. The first-order chi connectivity index (χ1) is 11.9. The Labute approximate surface area is 151 Å². The van der Waals surface area contributed by atoms with Crippen LogP contribution in [0.25, 0.3) is 0 Å². The van der Waals surface area contributed by atoms with Crippen molar-refractivity contribution in [2.75, 3.05) is 13.2 Å². The van der Waals surface area contributed by atoms with Crippen LogP contribution in [0.4, 0.5) is 0 Å². The van der Waals surface area contributed by atoms with Gasteiger partial charge in [-0.2, -0.15) is 0 Å². The van der Waals surface area contributed by atoms with E-state index in [4.69, 9.17) is 0 Å². The molecule has 0 amide bonds. The molecular weight excluding hydrogens is 292 g/mol. The Bertz CT molecular complexity index is 344. The van der Waals surface area contributed by atoms with Crippen LogP contribution in [-0.2, 0) is 0 Å². The molecule has 2 heteroatoms. The van der Waals surface area contributed by atoms with Crippen LogP contribution < -0.4 is 0 Å². The van der Waals surface area contributed by atoms with Crippen LogP contribution in [0.1, 0.15) is 96.8 Å². The van der Waals surface area contributed by atoms with Crippen molar-refractivity contribution in [3.05, 3.63) is 24.4 Å². The first-order valence-corrected chi connectivity index (χ1v) is 10.5. The zero-order valence-electron chi connectivity index (χ0n) is 16.1. The second kappa shape index (κ2) is 16.8. The summed E-state index contributed by atoms with van der Waals surface area (Å²) in [4.78, 5) is 6.56. The molecule has 0 N–H and O–H groups in total. The van der Waals surface area contributed by atoms with Crippen LogP contribution in [0.5, 0.6) is 0 Å². The van der Waals surface area contributed by atoms with E-state index in [1.165, 1.54) is 89.9 Å². The van der Waals surface area contributed by atoms with Crippen molar-refractivity contribution in [2.24, 2.45) is 4.99 Å². The van der Waals surface area contributed by atoms with Gasteiger partial charge in [-0.05, 0) is 38.2 Å². The van der Waals surface area contributed by atoms with Crippen molar-refractivity contribution >= 4 is 6.21 Å². The third-order valence-corrected chi connectivity index (χ3v) is 4.71. The van der Waals surface area contributed by atoms with Gasteiger partial charge in [-0.25, -0.2) is 0 Å². The van der Waals surface area contributed by atoms with Gasteiger partial charge in [-0.15, -0.1) is 0 Å². The molecule has 24 heavy (non-hydrogen) atoms. The van der Waals surface area contributed by atoms with Crippen LogP contribution in [0.3, 0.4) is 0 Å². The molecular formula is C22H40N2. The fourth-order valence-electron chi connectivity index (χ4n) is 3.13. The number of hydrogen-bond acceptors (Lipinski definition) is 2. The first-order valence-electron chi connectivity index (χ1n) is 10.5. The maximum Gasteiger partial charge on any atom is 0.109 e. The molecule has 1 aliphatic heterocycles. The highest BCUT2D eigenvalue weighted by molar-refractivity contribution is 5.71. The molecule has 0 aromatic rings. The second-order valence-electron chi connectivity index (χ2n) is 7.06. The lowest BCUT2D eigenvalue weighted by Gasteiger charge is -2.19. The molecule has 138 valence electrons. The van der Waals surface area contributed by atoms with Gasteiger partial charge in [0, 0.05) is 19.0 Å². The standard InChI is InChI=1S/C22H40N2/c1-2-3-4-5-6-7-8-9-10-11-12-13-14-15-16-17-20-24-21-18-19-23-22-24/h9-10,18-19,21H,2-8,11-17,20,22H2,1H3/b10-9-.